The molecule has 1 aromatic heterocycles. The van der Waals surface area contributed by atoms with Crippen LogP contribution in [0.15, 0.2) is 24.3 Å². The van der Waals surface area contributed by atoms with Crippen molar-refractivity contribution >= 4 is 33.3 Å². The Labute approximate surface area is 215 Å². The van der Waals surface area contributed by atoms with Crippen LogP contribution in [0.3, 0.4) is 0 Å². The number of halogens is 1. The van der Waals surface area contributed by atoms with E-state index in [0.29, 0.717) is 35.5 Å². The predicted molar refractivity (Wildman–Crippen MR) is 135 cm³/mol. The third-order valence-electron chi connectivity index (χ3n) is 7.33. The maximum Gasteiger partial charge on any atom is 0.272 e. The van der Waals surface area contributed by atoms with E-state index in [1.807, 2.05) is 12.1 Å². The Kier molecular flexibility index (Phi) is 6.97. The molecule has 3 N–H and O–H groups in total. The van der Waals surface area contributed by atoms with Crippen molar-refractivity contribution in [1.29, 1.82) is 0 Å². The van der Waals surface area contributed by atoms with Crippen LogP contribution in [0.5, 0.6) is 0 Å². The maximum atomic E-state index is 13.5. The highest BCUT2D eigenvalue weighted by Gasteiger charge is 2.62. The monoisotopic (exact) mass is 537 g/mol. The van der Waals surface area contributed by atoms with Crippen molar-refractivity contribution < 1.29 is 23.1 Å². The number of fused-ring (bicyclic) bond motifs is 1. The number of hydrogen-bond acceptors (Lipinski definition) is 7. The number of aryl methyl sites for hydroxylation is 1. The summed E-state index contributed by atoms with van der Waals surface area (Å²) in [6, 6.07) is 7.12. The molecule has 1 aliphatic heterocycles. The number of carbonyl (C=O) groups is 2. The minimum Gasteiger partial charge on any atom is -0.377 e. The second-order valence-corrected chi connectivity index (χ2v) is 13.4. The van der Waals surface area contributed by atoms with Crippen molar-refractivity contribution in [3.8, 4) is 0 Å². The first-order chi connectivity index (χ1) is 16.8. The van der Waals surface area contributed by atoms with Gasteiger partial charge in [0.1, 0.15) is 16.7 Å². The lowest BCUT2D eigenvalue weighted by Crippen LogP contribution is -2.57. The third kappa shape index (κ3) is 4.42. The van der Waals surface area contributed by atoms with E-state index in [0.717, 1.165) is 5.56 Å². The first-order valence-corrected chi connectivity index (χ1v) is 13.7. The van der Waals surface area contributed by atoms with Gasteiger partial charge in [-0.25, -0.2) is 8.42 Å². The molecule has 1 aliphatic carbocycles. The number of nitrogens with zero attached hydrogens (tertiary/aromatic N) is 3. The Morgan fingerprint density at radius 1 is 1.28 bits per heavy atom. The molecule has 1 fully saturated rings. The lowest BCUT2D eigenvalue weighted by atomic mass is 10.0. The number of benzene rings is 1. The van der Waals surface area contributed by atoms with Crippen molar-refractivity contribution in [2.24, 2.45) is 7.05 Å². The fourth-order valence-corrected chi connectivity index (χ4v) is 7.44. The Morgan fingerprint density at radius 2 is 1.92 bits per heavy atom. The average molecular weight is 538 g/mol. The molecule has 1 unspecified atom stereocenters. The molecule has 1 saturated carbocycles. The second-order valence-electron chi connectivity index (χ2n) is 10.1. The molecule has 2 heterocycles. The number of hydrogen-bond donors (Lipinski definition) is 3. The zero-order chi connectivity index (χ0) is 26.5. The second kappa shape index (κ2) is 9.44. The van der Waals surface area contributed by atoms with Crippen molar-refractivity contribution in [2.75, 3.05) is 20.1 Å². The predicted octanol–water partition coefficient (Wildman–Crippen LogP) is 1.27. The summed E-state index contributed by atoms with van der Waals surface area (Å²) in [4.78, 5) is 27.8. The number of aliphatic hydroxyl groups is 1. The van der Waals surface area contributed by atoms with Gasteiger partial charge < -0.3 is 15.3 Å². The van der Waals surface area contributed by atoms with E-state index in [4.69, 9.17) is 11.6 Å². The maximum absolute atomic E-state index is 13.5. The van der Waals surface area contributed by atoms with Gasteiger partial charge in [0.15, 0.2) is 15.5 Å². The Balaban J connectivity index is 1.51. The van der Waals surface area contributed by atoms with Gasteiger partial charge in [-0.2, -0.15) is 5.10 Å². The lowest BCUT2D eigenvalue weighted by Gasteiger charge is -2.37. The highest BCUT2D eigenvalue weighted by atomic mass is 35.5. The highest BCUT2D eigenvalue weighted by molar-refractivity contribution is 7.94. The van der Waals surface area contributed by atoms with Gasteiger partial charge in [0.25, 0.3) is 11.8 Å². The topological polar surface area (TPSA) is 134 Å². The summed E-state index contributed by atoms with van der Waals surface area (Å²) in [7, 11) is -0.688. The first kappa shape index (κ1) is 26.6. The van der Waals surface area contributed by atoms with Crippen LogP contribution in [0, 0.1) is 0 Å². The first-order valence-electron chi connectivity index (χ1n) is 11.8. The summed E-state index contributed by atoms with van der Waals surface area (Å²) in [5.74, 6) is -0.733. The minimum atomic E-state index is -3.79. The normalized spacial score (nSPS) is 18.1. The van der Waals surface area contributed by atoms with Gasteiger partial charge in [-0.05, 0) is 57.9 Å². The van der Waals surface area contributed by atoms with Gasteiger partial charge in [0.05, 0.1) is 4.75 Å². The van der Waals surface area contributed by atoms with Crippen molar-refractivity contribution in [2.45, 2.75) is 55.4 Å². The minimum absolute atomic E-state index is 0.0384. The van der Waals surface area contributed by atoms with Crippen LogP contribution in [-0.4, -0.2) is 75.9 Å². The smallest absolute Gasteiger partial charge is 0.272 e. The highest BCUT2D eigenvalue weighted by Crippen LogP contribution is 2.49. The van der Waals surface area contributed by atoms with Gasteiger partial charge in [0.2, 0.25) is 0 Å². The fraction of sp³-hybridized carbons (Fsp3) is 0.542. The van der Waals surface area contributed by atoms with Crippen LogP contribution in [0.4, 0.5) is 0 Å². The largest absolute Gasteiger partial charge is 0.377 e. The van der Waals surface area contributed by atoms with Crippen molar-refractivity contribution in [3.05, 3.63) is 51.8 Å². The van der Waals surface area contributed by atoms with E-state index in [-0.39, 0.29) is 37.1 Å². The number of sulfone groups is 1. The molecular weight excluding hydrogens is 506 g/mol. The fourth-order valence-electron chi connectivity index (χ4n) is 4.82. The molecule has 10 nitrogen and oxygen atoms in total. The Bertz CT molecular complexity index is 1280. The molecule has 196 valence electrons. The summed E-state index contributed by atoms with van der Waals surface area (Å²) < 4.78 is 25.9. The number of aromatic nitrogens is 2. The van der Waals surface area contributed by atoms with E-state index < -0.39 is 25.6 Å². The summed E-state index contributed by atoms with van der Waals surface area (Å²) in [5, 5.41) is 20.7. The zero-order valence-corrected chi connectivity index (χ0v) is 22.4. The van der Waals surface area contributed by atoms with Gasteiger partial charge in [0, 0.05) is 37.3 Å². The van der Waals surface area contributed by atoms with Crippen LogP contribution in [0.1, 0.15) is 58.8 Å². The molecule has 2 amide bonds. The molecule has 1 atom stereocenters. The Hall–Kier alpha value is -2.47. The van der Waals surface area contributed by atoms with E-state index in [2.05, 4.69) is 15.7 Å². The third-order valence-corrected chi connectivity index (χ3v) is 10.9. The Morgan fingerprint density at radius 3 is 2.50 bits per heavy atom. The molecule has 36 heavy (non-hydrogen) atoms. The lowest BCUT2D eigenvalue weighted by molar-refractivity contribution is 0.0722. The van der Waals surface area contributed by atoms with Crippen LogP contribution >= 0.6 is 11.6 Å². The summed E-state index contributed by atoms with van der Waals surface area (Å²) in [6.45, 7) is 3.60. The van der Waals surface area contributed by atoms with E-state index in [1.165, 1.54) is 30.5 Å². The molecule has 2 aliphatic rings. The van der Waals surface area contributed by atoms with Crippen LogP contribution in [0.2, 0.25) is 5.02 Å². The zero-order valence-electron chi connectivity index (χ0n) is 20.8. The number of rotatable bonds is 9. The molecule has 0 bridgehead atoms. The van der Waals surface area contributed by atoms with E-state index in [1.54, 1.807) is 19.2 Å². The number of nitrogens with one attached hydrogen (secondary N) is 2. The molecule has 0 spiro atoms. The van der Waals surface area contributed by atoms with Crippen LogP contribution in [-0.2, 0) is 29.9 Å². The SMILES string of the molecule is CNC(O)C(C)(C)S(=O)(=O)C1(CN2CCc3c(C(=O)NCc4ccc(Cl)cc4)nn(C)c3C2=O)CC1. The van der Waals surface area contributed by atoms with Gasteiger partial charge in [-0.1, -0.05) is 23.7 Å². The molecule has 0 radical (unpaired) electrons. The van der Waals surface area contributed by atoms with Gasteiger partial charge in [-0.3, -0.25) is 19.6 Å². The molecule has 4 rings (SSSR count). The average Bonchev–Trinajstić information content (AvgIpc) is 3.56. The van der Waals surface area contributed by atoms with Crippen LogP contribution in [0.25, 0.3) is 0 Å². The number of carbonyl (C=O) groups excluding carboxylic acids is 2. The summed E-state index contributed by atoms with van der Waals surface area (Å²) in [6.07, 6.45) is -0.00255. The quantitative estimate of drug-likeness (QED) is 0.410. The van der Waals surface area contributed by atoms with Crippen LogP contribution < -0.4 is 10.6 Å². The molecule has 12 heteroatoms. The van der Waals surface area contributed by atoms with E-state index in [9.17, 15) is 23.1 Å². The summed E-state index contributed by atoms with van der Waals surface area (Å²) in [5.41, 5.74) is 1.93. The molecule has 2 aromatic rings. The standard InChI is InChI=1S/C24H32ClN5O5S/c1-23(2,22(33)26-3)36(34,35)24(10-11-24)14-30-12-9-17-18(28-29(4)19(17)21(30)32)20(31)27-13-15-5-7-16(25)8-6-15/h5-8,22,26,33H,9-14H2,1-4H3,(H,27,31). The van der Waals surface area contributed by atoms with Gasteiger partial charge >= 0.3 is 0 Å². The van der Waals surface area contributed by atoms with Gasteiger partial charge in [-0.15, -0.1) is 0 Å². The summed E-state index contributed by atoms with van der Waals surface area (Å²) >= 11 is 5.91. The molecule has 0 saturated heterocycles. The number of amides is 2. The molecular formula is C24H32ClN5O5S. The molecule has 1 aromatic carbocycles. The van der Waals surface area contributed by atoms with E-state index >= 15 is 0 Å². The van der Waals surface area contributed by atoms with Crippen molar-refractivity contribution in [3.63, 3.8) is 0 Å². The van der Waals surface area contributed by atoms with Crippen molar-refractivity contribution in [1.82, 2.24) is 25.3 Å². The number of aliphatic hydroxyl groups excluding tert-OH is 1.